The zero-order chi connectivity index (χ0) is 23.9. The highest BCUT2D eigenvalue weighted by atomic mass is 19.1. The highest BCUT2D eigenvalue weighted by molar-refractivity contribution is 5.89. The fraction of sp³-hybridized carbons (Fsp3) is 0.458. The van der Waals surface area contributed by atoms with Crippen molar-refractivity contribution in [3.05, 3.63) is 53.1 Å². The SMILES string of the molecule is Cc1cnc(C2CC(C3CC(NC(=O)OC(C)(C)C)C3)=NO2)c(-c2c(F)cc(F)cc2F)c1. The maximum Gasteiger partial charge on any atom is 0.407 e. The van der Waals surface area contributed by atoms with Gasteiger partial charge in [-0.05, 0) is 52.2 Å². The second-order valence-corrected chi connectivity index (χ2v) is 9.58. The van der Waals surface area contributed by atoms with Crippen molar-refractivity contribution in [3.63, 3.8) is 0 Å². The smallest absolute Gasteiger partial charge is 0.407 e. The van der Waals surface area contributed by atoms with Gasteiger partial charge in [0.2, 0.25) is 0 Å². The highest BCUT2D eigenvalue weighted by Crippen LogP contribution is 2.40. The van der Waals surface area contributed by atoms with Crippen molar-refractivity contribution in [2.45, 2.75) is 64.7 Å². The molecule has 1 aliphatic carbocycles. The Morgan fingerprint density at radius 3 is 2.45 bits per heavy atom. The van der Waals surface area contributed by atoms with Crippen molar-refractivity contribution in [1.82, 2.24) is 10.3 Å². The summed E-state index contributed by atoms with van der Waals surface area (Å²) >= 11 is 0. The van der Waals surface area contributed by atoms with Crippen LogP contribution in [0, 0.1) is 30.3 Å². The lowest BCUT2D eigenvalue weighted by Gasteiger charge is -2.35. The van der Waals surface area contributed by atoms with E-state index in [1.165, 1.54) is 0 Å². The third-order valence-electron chi connectivity index (χ3n) is 5.66. The maximum atomic E-state index is 14.5. The van der Waals surface area contributed by atoms with E-state index in [4.69, 9.17) is 9.57 Å². The van der Waals surface area contributed by atoms with E-state index in [0.29, 0.717) is 42.7 Å². The molecule has 1 amide bonds. The molecule has 9 heteroatoms. The number of halogens is 3. The van der Waals surface area contributed by atoms with E-state index in [0.717, 1.165) is 5.71 Å². The van der Waals surface area contributed by atoms with Gasteiger partial charge >= 0.3 is 6.09 Å². The van der Waals surface area contributed by atoms with E-state index >= 15 is 0 Å². The summed E-state index contributed by atoms with van der Waals surface area (Å²) in [5.41, 5.74) is 1.16. The number of oxime groups is 1. The van der Waals surface area contributed by atoms with Crippen LogP contribution >= 0.6 is 0 Å². The van der Waals surface area contributed by atoms with Gasteiger partial charge in [-0.2, -0.15) is 0 Å². The second-order valence-electron chi connectivity index (χ2n) is 9.58. The number of aromatic nitrogens is 1. The van der Waals surface area contributed by atoms with Gasteiger partial charge in [0.15, 0.2) is 6.10 Å². The number of alkyl carbamates (subject to hydrolysis) is 1. The number of pyridine rings is 1. The molecule has 1 aromatic carbocycles. The minimum absolute atomic E-state index is 0.0120. The van der Waals surface area contributed by atoms with Crippen LogP contribution in [0.3, 0.4) is 0 Å². The first-order chi connectivity index (χ1) is 15.5. The van der Waals surface area contributed by atoms with Crippen LogP contribution in [-0.4, -0.2) is 28.4 Å². The van der Waals surface area contributed by atoms with Gasteiger partial charge in [-0.25, -0.2) is 18.0 Å². The van der Waals surface area contributed by atoms with Crippen LogP contribution in [0.25, 0.3) is 11.1 Å². The third kappa shape index (κ3) is 5.12. The van der Waals surface area contributed by atoms with Crippen molar-refractivity contribution >= 4 is 11.8 Å². The van der Waals surface area contributed by atoms with Gasteiger partial charge in [0, 0.05) is 42.3 Å². The van der Waals surface area contributed by atoms with Crippen LogP contribution in [0.5, 0.6) is 0 Å². The molecule has 1 atom stereocenters. The van der Waals surface area contributed by atoms with Gasteiger partial charge in [0.1, 0.15) is 23.1 Å². The van der Waals surface area contributed by atoms with E-state index in [1.54, 1.807) is 40.0 Å². The molecule has 1 fully saturated rings. The second kappa shape index (κ2) is 8.68. The topological polar surface area (TPSA) is 72.8 Å². The molecular formula is C24H26F3N3O3. The molecule has 6 nitrogen and oxygen atoms in total. The lowest BCUT2D eigenvalue weighted by Crippen LogP contribution is -2.48. The fourth-order valence-corrected chi connectivity index (χ4v) is 4.10. The number of hydrogen-bond acceptors (Lipinski definition) is 5. The summed E-state index contributed by atoms with van der Waals surface area (Å²) in [6, 6.07) is 2.89. The molecule has 2 heterocycles. The van der Waals surface area contributed by atoms with Gasteiger partial charge in [0.05, 0.1) is 17.0 Å². The minimum Gasteiger partial charge on any atom is -0.444 e. The lowest BCUT2D eigenvalue weighted by atomic mass is 9.76. The standard InChI is InChI=1S/C24H26F3N3O3/c1-12-5-16(21-17(26)8-14(25)9-18(21)27)22(28-11-12)20-10-19(30-33-20)13-6-15(7-13)29-23(31)32-24(2,3)4/h5,8-9,11,13,15,20H,6-7,10H2,1-4H3,(H,29,31). The van der Waals surface area contributed by atoms with Crippen molar-refractivity contribution in [3.8, 4) is 11.1 Å². The average molecular weight is 461 g/mol. The van der Waals surface area contributed by atoms with Gasteiger partial charge in [-0.3, -0.25) is 4.98 Å². The van der Waals surface area contributed by atoms with Crippen molar-refractivity contribution in [1.29, 1.82) is 0 Å². The molecule has 0 spiro atoms. The lowest BCUT2D eigenvalue weighted by molar-refractivity contribution is 0.0468. The van der Waals surface area contributed by atoms with E-state index in [2.05, 4.69) is 15.5 Å². The van der Waals surface area contributed by atoms with Crippen LogP contribution in [0.4, 0.5) is 18.0 Å². The Labute approximate surface area is 190 Å². The minimum atomic E-state index is -1.00. The first-order valence-electron chi connectivity index (χ1n) is 10.8. The van der Waals surface area contributed by atoms with E-state index in [1.807, 2.05) is 0 Å². The van der Waals surface area contributed by atoms with Gasteiger partial charge in [0.25, 0.3) is 0 Å². The molecule has 1 aliphatic heterocycles. The number of nitrogens with zero attached hydrogens (tertiary/aromatic N) is 2. The van der Waals surface area contributed by atoms with Gasteiger partial charge in [-0.15, -0.1) is 0 Å². The van der Waals surface area contributed by atoms with Crippen LogP contribution in [0.15, 0.2) is 29.6 Å². The molecule has 1 unspecified atom stereocenters. The zero-order valence-electron chi connectivity index (χ0n) is 18.9. The number of rotatable bonds is 4. The largest absolute Gasteiger partial charge is 0.444 e. The molecule has 1 N–H and O–H groups in total. The molecule has 1 aromatic heterocycles. The number of nitrogens with one attached hydrogen (secondary N) is 1. The Morgan fingerprint density at radius 2 is 1.82 bits per heavy atom. The summed E-state index contributed by atoms with van der Waals surface area (Å²) < 4.78 is 47.7. The molecule has 1 saturated carbocycles. The average Bonchev–Trinajstić information content (AvgIpc) is 3.11. The Morgan fingerprint density at radius 1 is 1.15 bits per heavy atom. The van der Waals surface area contributed by atoms with E-state index in [-0.39, 0.29) is 23.1 Å². The monoisotopic (exact) mass is 461 g/mol. The van der Waals surface area contributed by atoms with Crippen molar-refractivity contribution in [2.75, 3.05) is 0 Å². The molecular weight excluding hydrogens is 435 g/mol. The third-order valence-corrected chi connectivity index (χ3v) is 5.66. The van der Waals surface area contributed by atoms with Crippen LogP contribution in [-0.2, 0) is 9.57 Å². The summed E-state index contributed by atoms with van der Waals surface area (Å²) in [5, 5.41) is 7.03. The Balaban J connectivity index is 1.44. The van der Waals surface area contributed by atoms with E-state index < -0.39 is 35.2 Å². The Kier molecular flexibility index (Phi) is 6.07. The van der Waals surface area contributed by atoms with Gasteiger partial charge < -0.3 is 14.9 Å². The molecule has 2 aromatic rings. The molecule has 33 heavy (non-hydrogen) atoms. The number of hydrogen-bond donors (Lipinski definition) is 1. The number of amides is 1. The maximum absolute atomic E-state index is 14.5. The van der Waals surface area contributed by atoms with Crippen LogP contribution in [0.2, 0.25) is 0 Å². The molecule has 0 saturated heterocycles. The molecule has 2 aliphatic rings. The Bertz CT molecular complexity index is 1080. The molecule has 0 radical (unpaired) electrons. The molecule has 176 valence electrons. The number of ether oxygens (including phenoxy) is 1. The number of benzene rings is 1. The first kappa shape index (κ1) is 23.1. The quantitative estimate of drug-likeness (QED) is 0.644. The predicted octanol–water partition coefficient (Wildman–Crippen LogP) is 5.60. The van der Waals surface area contributed by atoms with Crippen LogP contribution in [0.1, 0.15) is 57.4 Å². The first-order valence-corrected chi connectivity index (χ1v) is 10.8. The zero-order valence-corrected chi connectivity index (χ0v) is 18.9. The fourth-order valence-electron chi connectivity index (χ4n) is 4.10. The Hall–Kier alpha value is -3.10. The number of carbonyl (C=O) groups excluding carboxylic acids is 1. The summed E-state index contributed by atoms with van der Waals surface area (Å²) in [4.78, 5) is 21.9. The van der Waals surface area contributed by atoms with E-state index in [9.17, 15) is 18.0 Å². The number of aryl methyl sites for hydroxylation is 1. The van der Waals surface area contributed by atoms with Crippen molar-refractivity contribution < 1.29 is 27.5 Å². The normalized spacial score (nSPS) is 22.3. The summed E-state index contributed by atoms with van der Waals surface area (Å²) in [6.07, 6.45) is 2.33. The predicted molar refractivity (Wildman–Crippen MR) is 116 cm³/mol. The summed E-state index contributed by atoms with van der Waals surface area (Å²) in [5.74, 6) is -2.87. The molecule has 4 rings (SSSR count). The van der Waals surface area contributed by atoms with Crippen molar-refractivity contribution in [2.24, 2.45) is 11.1 Å². The van der Waals surface area contributed by atoms with Crippen LogP contribution < -0.4 is 5.32 Å². The summed E-state index contributed by atoms with van der Waals surface area (Å²) in [6.45, 7) is 7.16. The number of carbonyl (C=O) groups is 1. The van der Waals surface area contributed by atoms with Gasteiger partial charge in [-0.1, -0.05) is 5.16 Å². The summed E-state index contributed by atoms with van der Waals surface area (Å²) in [7, 11) is 0. The highest BCUT2D eigenvalue weighted by Gasteiger charge is 2.39. The molecule has 0 bridgehead atoms.